The lowest BCUT2D eigenvalue weighted by Crippen LogP contribution is -2.57. The normalized spacial score (nSPS) is 34.8. The predicted molar refractivity (Wildman–Crippen MR) is 72.2 cm³/mol. The minimum Gasteiger partial charge on any atom is -0.393 e. The van der Waals surface area contributed by atoms with Crippen LogP contribution in [0.1, 0.15) is 54.4 Å². The van der Waals surface area contributed by atoms with E-state index >= 15 is 0 Å². The average molecular weight is 277 g/mol. The van der Waals surface area contributed by atoms with E-state index in [4.69, 9.17) is 5.73 Å². The fraction of sp³-hybridized carbons (Fsp3) is 0.643. The highest BCUT2D eigenvalue weighted by molar-refractivity contribution is 6.09. The minimum absolute atomic E-state index is 0.0937. The summed E-state index contributed by atoms with van der Waals surface area (Å²) in [6.07, 6.45) is 0.126. The maximum absolute atomic E-state index is 12.8. The van der Waals surface area contributed by atoms with Crippen molar-refractivity contribution in [2.24, 2.45) is 5.41 Å². The molecule has 4 N–H and O–H groups in total. The molecule has 0 bridgehead atoms. The maximum atomic E-state index is 12.8. The van der Waals surface area contributed by atoms with Gasteiger partial charge in [0.15, 0.2) is 5.78 Å². The smallest absolute Gasteiger partial charge is 0.220 e. The minimum atomic E-state index is -1.54. The van der Waals surface area contributed by atoms with E-state index in [9.17, 15) is 15.0 Å². The molecule has 20 heavy (non-hydrogen) atoms. The number of nitrogens with two attached hydrogens (primary N) is 1. The summed E-state index contributed by atoms with van der Waals surface area (Å²) in [6.45, 7) is 5.30. The highest BCUT2D eigenvalue weighted by Gasteiger charge is 2.64. The van der Waals surface area contributed by atoms with Gasteiger partial charge in [-0.1, -0.05) is 13.8 Å². The average Bonchev–Trinajstić information content (AvgIpc) is 2.51. The Morgan fingerprint density at radius 1 is 1.35 bits per heavy atom. The van der Waals surface area contributed by atoms with Crippen molar-refractivity contribution in [1.82, 2.24) is 9.97 Å². The zero-order valence-corrected chi connectivity index (χ0v) is 11.8. The van der Waals surface area contributed by atoms with Gasteiger partial charge in [-0.25, -0.2) is 9.97 Å². The van der Waals surface area contributed by atoms with Crippen molar-refractivity contribution in [2.75, 3.05) is 5.73 Å². The molecule has 1 aromatic rings. The molecule has 0 amide bonds. The van der Waals surface area contributed by atoms with Crippen molar-refractivity contribution in [3.63, 3.8) is 0 Å². The first-order valence-corrected chi connectivity index (χ1v) is 6.77. The van der Waals surface area contributed by atoms with E-state index < -0.39 is 23.0 Å². The number of hydrogen-bond acceptors (Lipinski definition) is 6. The van der Waals surface area contributed by atoms with Crippen molar-refractivity contribution in [1.29, 1.82) is 0 Å². The Labute approximate surface area is 117 Å². The number of rotatable bonds is 0. The van der Waals surface area contributed by atoms with Crippen molar-refractivity contribution in [3.05, 3.63) is 17.0 Å². The Bertz CT molecular complexity index is 614. The second-order valence-corrected chi connectivity index (χ2v) is 6.55. The molecule has 0 aliphatic heterocycles. The standard InChI is InChI=1S/C14H19N3O3/c1-6-9-10(17-12(15)16-6)8-4-7(18)5-13(2,3)14(8,20)11(9)19/h7-8,18,20H,4-5H2,1-3H3,(H2,15,16,17)/t7-,8-,14+/m0/s1. The number of hydrogen-bond donors (Lipinski definition) is 3. The molecule has 0 radical (unpaired) electrons. The van der Waals surface area contributed by atoms with Crippen molar-refractivity contribution in [3.8, 4) is 0 Å². The van der Waals surface area contributed by atoms with Gasteiger partial charge in [0.1, 0.15) is 5.60 Å². The van der Waals surface area contributed by atoms with Crippen LogP contribution in [-0.4, -0.2) is 37.7 Å². The molecule has 0 spiro atoms. The van der Waals surface area contributed by atoms with Gasteiger partial charge < -0.3 is 15.9 Å². The number of carbonyl (C=O) groups is 1. The summed E-state index contributed by atoms with van der Waals surface area (Å²) >= 11 is 0. The third kappa shape index (κ3) is 1.43. The van der Waals surface area contributed by atoms with Gasteiger partial charge in [-0.2, -0.15) is 0 Å². The van der Waals surface area contributed by atoms with Gasteiger partial charge in [0.2, 0.25) is 5.95 Å². The molecule has 1 heterocycles. The molecule has 0 unspecified atom stereocenters. The predicted octanol–water partition coefficient (Wildman–Crippen LogP) is 0.559. The number of nitrogen functional groups attached to an aromatic ring is 1. The molecule has 2 aliphatic rings. The van der Waals surface area contributed by atoms with E-state index in [2.05, 4.69) is 9.97 Å². The van der Waals surface area contributed by atoms with Crippen LogP contribution >= 0.6 is 0 Å². The highest BCUT2D eigenvalue weighted by Crippen LogP contribution is 2.57. The quantitative estimate of drug-likeness (QED) is 0.639. The van der Waals surface area contributed by atoms with Crippen LogP contribution in [0.4, 0.5) is 5.95 Å². The van der Waals surface area contributed by atoms with Crippen LogP contribution in [0.5, 0.6) is 0 Å². The fourth-order valence-corrected chi connectivity index (χ4v) is 3.86. The van der Waals surface area contributed by atoms with Gasteiger partial charge in [0.25, 0.3) is 0 Å². The van der Waals surface area contributed by atoms with E-state index in [0.29, 0.717) is 29.8 Å². The summed E-state index contributed by atoms with van der Waals surface area (Å²) in [7, 11) is 0. The molecule has 2 aliphatic carbocycles. The summed E-state index contributed by atoms with van der Waals surface area (Å²) in [5, 5.41) is 21.2. The summed E-state index contributed by atoms with van der Waals surface area (Å²) in [6, 6.07) is 0. The van der Waals surface area contributed by atoms with Gasteiger partial charge >= 0.3 is 0 Å². The number of aliphatic hydroxyl groups is 2. The van der Waals surface area contributed by atoms with Crippen molar-refractivity contribution < 1.29 is 15.0 Å². The summed E-state index contributed by atoms with van der Waals surface area (Å²) in [4.78, 5) is 20.9. The Balaban J connectivity index is 2.27. The Morgan fingerprint density at radius 3 is 2.65 bits per heavy atom. The first-order valence-electron chi connectivity index (χ1n) is 6.77. The first kappa shape index (κ1) is 13.5. The number of aliphatic hydroxyl groups excluding tert-OH is 1. The lowest BCUT2D eigenvalue weighted by molar-refractivity contribution is -0.107. The molecule has 3 rings (SSSR count). The second kappa shape index (κ2) is 3.77. The lowest BCUT2D eigenvalue weighted by Gasteiger charge is -2.48. The third-order valence-electron chi connectivity index (χ3n) is 4.83. The molecule has 1 fully saturated rings. The summed E-state index contributed by atoms with van der Waals surface area (Å²) < 4.78 is 0. The molecular formula is C14H19N3O3. The van der Waals surface area contributed by atoms with Crippen LogP contribution < -0.4 is 5.73 Å². The van der Waals surface area contributed by atoms with Gasteiger partial charge in [0, 0.05) is 11.3 Å². The molecular weight excluding hydrogens is 258 g/mol. The van der Waals surface area contributed by atoms with Gasteiger partial charge in [-0.3, -0.25) is 4.79 Å². The monoisotopic (exact) mass is 277 g/mol. The van der Waals surface area contributed by atoms with Crippen molar-refractivity contribution >= 4 is 11.7 Å². The van der Waals surface area contributed by atoms with E-state index in [1.807, 2.05) is 0 Å². The number of anilines is 1. The fourth-order valence-electron chi connectivity index (χ4n) is 3.86. The Hall–Kier alpha value is -1.53. The zero-order chi connectivity index (χ0) is 14.9. The number of nitrogens with zero attached hydrogens (tertiary/aromatic N) is 2. The van der Waals surface area contributed by atoms with Gasteiger partial charge in [-0.05, 0) is 19.8 Å². The summed E-state index contributed by atoms with van der Waals surface area (Å²) in [5.41, 5.74) is 4.74. The van der Waals surface area contributed by atoms with E-state index in [1.54, 1.807) is 20.8 Å². The molecule has 6 nitrogen and oxygen atoms in total. The zero-order valence-electron chi connectivity index (χ0n) is 11.8. The number of carbonyl (C=O) groups excluding carboxylic acids is 1. The lowest BCUT2D eigenvalue weighted by atomic mass is 9.60. The maximum Gasteiger partial charge on any atom is 0.220 e. The molecule has 1 saturated carbocycles. The molecule has 1 aromatic heterocycles. The van der Waals surface area contributed by atoms with E-state index in [0.717, 1.165) is 0 Å². The Kier molecular flexibility index (Phi) is 2.53. The number of aromatic nitrogens is 2. The SMILES string of the molecule is Cc1nc(N)nc2c1C(=O)[C@]1(O)[C@H]2C[C@H](O)CC1(C)C. The van der Waals surface area contributed by atoms with Crippen molar-refractivity contribution in [2.45, 2.75) is 51.2 Å². The van der Waals surface area contributed by atoms with E-state index in [-0.39, 0.29) is 11.7 Å². The topological polar surface area (TPSA) is 109 Å². The molecule has 3 atom stereocenters. The Morgan fingerprint density at radius 2 is 2.00 bits per heavy atom. The molecule has 108 valence electrons. The largest absolute Gasteiger partial charge is 0.393 e. The molecule has 0 saturated heterocycles. The number of ketones is 1. The second-order valence-electron chi connectivity index (χ2n) is 6.55. The van der Waals surface area contributed by atoms with Crippen LogP contribution in [0.25, 0.3) is 0 Å². The van der Waals surface area contributed by atoms with Gasteiger partial charge in [-0.15, -0.1) is 0 Å². The van der Waals surface area contributed by atoms with Crippen LogP contribution in [0.15, 0.2) is 0 Å². The number of Topliss-reactive ketones (excluding diaryl/α,β-unsaturated/α-hetero) is 1. The van der Waals surface area contributed by atoms with Crippen LogP contribution in [0.3, 0.4) is 0 Å². The van der Waals surface area contributed by atoms with E-state index in [1.165, 1.54) is 0 Å². The first-order chi connectivity index (χ1) is 9.18. The summed E-state index contributed by atoms with van der Waals surface area (Å²) in [5.74, 6) is -0.768. The van der Waals surface area contributed by atoms with Gasteiger partial charge in [0.05, 0.1) is 23.1 Å². The highest BCUT2D eigenvalue weighted by atomic mass is 16.3. The molecule has 6 heteroatoms. The van der Waals surface area contributed by atoms with Crippen LogP contribution in [0, 0.1) is 12.3 Å². The number of fused-ring (bicyclic) bond motifs is 3. The van der Waals surface area contributed by atoms with Crippen LogP contribution in [-0.2, 0) is 0 Å². The molecule has 0 aromatic carbocycles. The van der Waals surface area contributed by atoms with Crippen LogP contribution in [0.2, 0.25) is 0 Å². The number of aryl methyl sites for hydroxylation is 1. The third-order valence-corrected chi connectivity index (χ3v) is 4.83.